The Balaban J connectivity index is 1.64. The molecule has 0 aliphatic carbocycles. The zero-order valence-electron chi connectivity index (χ0n) is 16.1. The summed E-state index contributed by atoms with van der Waals surface area (Å²) in [6.45, 7) is 9.13. The van der Waals surface area contributed by atoms with Crippen molar-refractivity contribution in [3.63, 3.8) is 0 Å². The molecule has 1 aromatic rings. The maximum Gasteiger partial charge on any atom is 0.222 e. The molecule has 25 heavy (non-hydrogen) atoms. The van der Waals surface area contributed by atoms with Crippen molar-refractivity contribution in [1.29, 1.82) is 0 Å². The molecule has 2 aliphatic rings. The Morgan fingerprint density at radius 1 is 1.12 bits per heavy atom. The van der Waals surface area contributed by atoms with Crippen molar-refractivity contribution < 1.29 is 4.79 Å². The second-order valence-corrected chi connectivity index (χ2v) is 8.15. The van der Waals surface area contributed by atoms with Crippen LogP contribution >= 0.6 is 0 Å². The summed E-state index contributed by atoms with van der Waals surface area (Å²) in [5.74, 6) is 3.13. The van der Waals surface area contributed by atoms with Gasteiger partial charge in [-0.05, 0) is 44.7 Å². The van der Waals surface area contributed by atoms with Crippen LogP contribution in [0.2, 0.25) is 0 Å². The van der Waals surface area contributed by atoms with Crippen LogP contribution in [0.15, 0.2) is 0 Å². The first-order valence-corrected chi connectivity index (χ1v) is 9.93. The zero-order valence-corrected chi connectivity index (χ0v) is 16.1. The third-order valence-corrected chi connectivity index (χ3v) is 5.53. The van der Waals surface area contributed by atoms with Gasteiger partial charge in [-0.1, -0.05) is 20.3 Å². The summed E-state index contributed by atoms with van der Waals surface area (Å²) in [4.78, 5) is 16.9. The lowest BCUT2D eigenvalue weighted by molar-refractivity contribution is -0.133. The Morgan fingerprint density at radius 2 is 1.88 bits per heavy atom. The number of rotatable bonds is 5. The highest BCUT2D eigenvalue weighted by Gasteiger charge is 2.28. The molecule has 0 saturated carbocycles. The van der Waals surface area contributed by atoms with Gasteiger partial charge in [0.25, 0.3) is 0 Å². The van der Waals surface area contributed by atoms with Gasteiger partial charge in [-0.25, -0.2) is 0 Å². The number of hydrogen-bond donors (Lipinski definition) is 0. The SMILES string of the molecule is CC(C)CC(=O)N1CCC[C@H](c2nnc(CN3CCCCC3)n2C)C1. The van der Waals surface area contributed by atoms with E-state index >= 15 is 0 Å². The Hall–Kier alpha value is -1.43. The number of nitrogens with zero attached hydrogens (tertiary/aromatic N) is 5. The number of amides is 1. The fourth-order valence-corrected chi connectivity index (χ4v) is 4.08. The molecule has 3 rings (SSSR count). The van der Waals surface area contributed by atoms with Crippen LogP contribution < -0.4 is 0 Å². The highest BCUT2D eigenvalue weighted by molar-refractivity contribution is 5.76. The first-order chi connectivity index (χ1) is 12.0. The summed E-state index contributed by atoms with van der Waals surface area (Å²) in [5.41, 5.74) is 0. The Labute approximate surface area is 151 Å². The fraction of sp³-hybridized carbons (Fsp3) is 0.842. The molecule has 1 atom stereocenters. The number of carbonyl (C=O) groups excluding carboxylic acids is 1. The minimum Gasteiger partial charge on any atom is -0.342 e. The highest BCUT2D eigenvalue weighted by Crippen LogP contribution is 2.27. The highest BCUT2D eigenvalue weighted by atomic mass is 16.2. The lowest BCUT2D eigenvalue weighted by Gasteiger charge is -2.33. The molecule has 2 fully saturated rings. The van der Waals surface area contributed by atoms with E-state index in [-0.39, 0.29) is 5.91 Å². The summed E-state index contributed by atoms with van der Waals surface area (Å²) >= 11 is 0. The Kier molecular flexibility index (Phi) is 6.10. The van der Waals surface area contributed by atoms with Crippen LogP contribution in [-0.4, -0.2) is 56.7 Å². The molecule has 1 amide bonds. The first-order valence-electron chi connectivity index (χ1n) is 9.93. The van der Waals surface area contributed by atoms with E-state index in [9.17, 15) is 4.79 Å². The van der Waals surface area contributed by atoms with Crippen molar-refractivity contribution in [2.24, 2.45) is 13.0 Å². The molecule has 1 aromatic heterocycles. The third kappa shape index (κ3) is 4.60. The largest absolute Gasteiger partial charge is 0.342 e. The van der Waals surface area contributed by atoms with Crippen molar-refractivity contribution in [1.82, 2.24) is 24.6 Å². The maximum atomic E-state index is 12.4. The van der Waals surface area contributed by atoms with E-state index in [0.29, 0.717) is 18.3 Å². The molecule has 0 radical (unpaired) electrons. The number of carbonyl (C=O) groups is 1. The van der Waals surface area contributed by atoms with Crippen LogP contribution in [0.5, 0.6) is 0 Å². The lowest BCUT2D eigenvalue weighted by atomic mass is 9.96. The average molecular weight is 348 g/mol. The van der Waals surface area contributed by atoms with Crippen LogP contribution in [0.4, 0.5) is 0 Å². The summed E-state index contributed by atoms with van der Waals surface area (Å²) in [6, 6.07) is 0. The van der Waals surface area contributed by atoms with Gasteiger partial charge in [0.15, 0.2) is 0 Å². The predicted octanol–water partition coefficient (Wildman–Crippen LogP) is 2.55. The molecule has 0 aromatic carbocycles. The van der Waals surface area contributed by atoms with Crippen molar-refractivity contribution in [2.75, 3.05) is 26.2 Å². The lowest BCUT2D eigenvalue weighted by Crippen LogP contribution is -2.40. The predicted molar refractivity (Wildman–Crippen MR) is 98.1 cm³/mol. The van der Waals surface area contributed by atoms with Crippen molar-refractivity contribution in [2.45, 2.75) is 64.8 Å². The quantitative estimate of drug-likeness (QED) is 0.821. The fourth-order valence-electron chi connectivity index (χ4n) is 4.08. The van der Waals surface area contributed by atoms with Crippen molar-refractivity contribution in [3.05, 3.63) is 11.6 Å². The smallest absolute Gasteiger partial charge is 0.222 e. The topological polar surface area (TPSA) is 54.3 Å². The van der Waals surface area contributed by atoms with Crippen LogP contribution in [-0.2, 0) is 18.4 Å². The minimum absolute atomic E-state index is 0.287. The average Bonchev–Trinajstić information content (AvgIpc) is 2.96. The first kappa shape index (κ1) is 18.4. The third-order valence-electron chi connectivity index (χ3n) is 5.53. The van der Waals surface area contributed by atoms with E-state index in [4.69, 9.17) is 0 Å². The van der Waals surface area contributed by atoms with Crippen molar-refractivity contribution >= 4 is 5.91 Å². The van der Waals surface area contributed by atoms with E-state index in [1.54, 1.807) is 0 Å². The van der Waals surface area contributed by atoms with Gasteiger partial charge in [-0.15, -0.1) is 10.2 Å². The molecule has 2 aliphatic heterocycles. The van der Waals surface area contributed by atoms with Gasteiger partial charge >= 0.3 is 0 Å². The molecule has 140 valence electrons. The molecular formula is C19H33N5O. The summed E-state index contributed by atoms with van der Waals surface area (Å²) in [5, 5.41) is 8.98. The standard InChI is InChI=1S/C19H33N5O/c1-15(2)12-18(25)24-11-7-8-16(13-24)19-21-20-17(22(19)3)14-23-9-5-4-6-10-23/h15-16H,4-14H2,1-3H3/t16-/m0/s1. The second kappa shape index (κ2) is 8.30. The Bertz CT molecular complexity index is 576. The molecule has 0 bridgehead atoms. The van der Waals surface area contributed by atoms with Crippen LogP contribution in [0.25, 0.3) is 0 Å². The summed E-state index contributed by atoms with van der Waals surface area (Å²) < 4.78 is 2.18. The number of likely N-dealkylation sites (tertiary alicyclic amines) is 2. The molecule has 3 heterocycles. The van der Waals surface area contributed by atoms with Gasteiger partial charge < -0.3 is 9.47 Å². The van der Waals surface area contributed by atoms with Gasteiger partial charge in [0.05, 0.1) is 6.54 Å². The summed E-state index contributed by atoms with van der Waals surface area (Å²) in [6.07, 6.45) is 6.74. The summed E-state index contributed by atoms with van der Waals surface area (Å²) in [7, 11) is 2.09. The van der Waals surface area contributed by atoms with Gasteiger partial charge in [-0.3, -0.25) is 9.69 Å². The molecule has 0 spiro atoms. The van der Waals surface area contributed by atoms with Gasteiger partial charge in [0.1, 0.15) is 11.6 Å². The van der Waals surface area contributed by atoms with Crippen LogP contribution in [0.3, 0.4) is 0 Å². The molecular weight excluding hydrogens is 314 g/mol. The van der Waals surface area contributed by atoms with Crippen LogP contribution in [0.1, 0.15) is 69.9 Å². The van der Waals surface area contributed by atoms with Gasteiger partial charge in [-0.2, -0.15) is 0 Å². The molecule has 6 heteroatoms. The van der Waals surface area contributed by atoms with E-state index in [1.807, 2.05) is 4.90 Å². The monoisotopic (exact) mass is 347 g/mol. The Morgan fingerprint density at radius 3 is 2.60 bits per heavy atom. The van der Waals surface area contributed by atoms with E-state index < -0.39 is 0 Å². The van der Waals surface area contributed by atoms with Gasteiger partial charge in [0.2, 0.25) is 5.91 Å². The van der Waals surface area contributed by atoms with E-state index in [1.165, 1.54) is 32.4 Å². The second-order valence-electron chi connectivity index (χ2n) is 8.15. The van der Waals surface area contributed by atoms with E-state index in [0.717, 1.165) is 44.1 Å². The minimum atomic E-state index is 0.287. The van der Waals surface area contributed by atoms with E-state index in [2.05, 4.69) is 40.6 Å². The molecule has 0 N–H and O–H groups in total. The maximum absolute atomic E-state index is 12.4. The number of hydrogen-bond acceptors (Lipinski definition) is 4. The molecule has 6 nitrogen and oxygen atoms in total. The van der Waals surface area contributed by atoms with Crippen molar-refractivity contribution in [3.8, 4) is 0 Å². The number of aromatic nitrogens is 3. The zero-order chi connectivity index (χ0) is 17.8. The molecule has 0 unspecified atom stereocenters. The normalized spacial score (nSPS) is 22.6. The molecule has 2 saturated heterocycles. The van der Waals surface area contributed by atoms with Gasteiger partial charge in [0, 0.05) is 32.5 Å². The van der Waals surface area contributed by atoms with Crippen LogP contribution in [0, 0.1) is 5.92 Å². The number of piperidine rings is 2.